The number of nitrogens with one attached hydrogen (secondary N) is 2. The molecule has 1 aliphatic rings. The number of aromatic nitrogens is 1. The van der Waals surface area contributed by atoms with Gasteiger partial charge in [0.25, 0.3) is 0 Å². The summed E-state index contributed by atoms with van der Waals surface area (Å²) in [6.07, 6.45) is 2.55. The molecule has 2 heterocycles. The fourth-order valence-corrected chi connectivity index (χ4v) is 3.57. The number of piperidine rings is 1. The summed E-state index contributed by atoms with van der Waals surface area (Å²) in [5, 5.41) is 7.87. The number of guanidine groups is 1. The fraction of sp³-hybridized carbons (Fsp3) is 0.450. The normalized spacial score (nSPS) is 17.7. The lowest BCUT2D eigenvalue weighted by Gasteiger charge is -2.34. The Morgan fingerprint density at radius 1 is 1.30 bits per heavy atom. The molecule has 1 amide bonds. The number of hydrogen-bond acceptors (Lipinski definition) is 4. The van der Waals surface area contributed by atoms with Crippen molar-refractivity contribution in [1.29, 1.82) is 0 Å². The first-order valence-corrected chi connectivity index (χ1v) is 9.49. The van der Waals surface area contributed by atoms with Gasteiger partial charge in [-0.1, -0.05) is 18.2 Å². The van der Waals surface area contributed by atoms with E-state index in [0.717, 1.165) is 61.7 Å². The molecule has 1 saturated heterocycles. The first-order valence-electron chi connectivity index (χ1n) is 9.49. The smallest absolute Gasteiger partial charge is 0.217 e. The summed E-state index contributed by atoms with van der Waals surface area (Å²) in [6.45, 7) is 3.25. The number of amides is 1. The van der Waals surface area contributed by atoms with Crippen LogP contribution in [0.5, 0.6) is 0 Å². The summed E-state index contributed by atoms with van der Waals surface area (Å²) in [5.74, 6) is 1.83. The molecule has 27 heavy (non-hydrogen) atoms. The number of carbonyl (C=O) groups is 1. The van der Waals surface area contributed by atoms with Crippen LogP contribution in [0, 0.1) is 5.92 Å². The zero-order chi connectivity index (χ0) is 19.1. The number of para-hydroxylation sites is 1. The number of likely N-dealkylation sites (tertiary alicyclic amines) is 1. The molecule has 2 aromatic rings. The number of carbonyl (C=O) groups excluding carboxylic acids is 1. The molecule has 1 atom stereocenters. The Morgan fingerprint density at radius 2 is 2.15 bits per heavy atom. The zero-order valence-electron chi connectivity index (χ0n) is 15.8. The maximum absolute atomic E-state index is 11.2. The molecule has 0 aliphatic carbocycles. The van der Waals surface area contributed by atoms with Gasteiger partial charge in [-0.25, -0.2) is 4.98 Å². The van der Waals surface area contributed by atoms with Crippen LogP contribution in [0.4, 0.5) is 5.82 Å². The Bertz CT molecular complexity index is 806. The highest BCUT2D eigenvalue weighted by Crippen LogP contribution is 2.19. The zero-order valence-corrected chi connectivity index (χ0v) is 15.8. The van der Waals surface area contributed by atoms with Gasteiger partial charge in [-0.3, -0.25) is 9.79 Å². The number of pyridine rings is 1. The average Bonchev–Trinajstić information content (AvgIpc) is 2.67. The van der Waals surface area contributed by atoms with Crippen molar-refractivity contribution in [3.05, 3.63) is 36.4 Å². The maximum atomic E-state index is 11.2. The second kappa shape index (κ2) is 9.21. The first-order chi connectivity index (χ1) is 13.2. The van der Waals surface area contributed by atoms with E-state index in [4.69, 9.17) is 5.73 Å². The Labute approximate surface area is 160 Å². The predicted octanol–water partition coefficient (Wildman–Crippen LogP) is 1.81. The molecule has 7 nitrogen and oxygen atoms in total. The Hall–Kier alpha value is -2.83. The van der Waals surface area contributed by atoms with E-state index in [1.54, 1.807) is 7.05 Å². The lowest BCUT2D eigenvalue weighted by molar-refractivity contribution is -0.119. The lowest BCUT2D eigenvalue weighted by Crippen LogP contribution is -2.48. The maximum Gasteiger partial charge on any atom is 0.217 e. The molecule has 1 aromatic heterocycles. The molecular weight excluding hydrogens is 340 g/mol. The molecule has 7 heteroatoms. The highest BCUT2D eigenvalue weighted by Gasteiger charge is 2.23. The summed E-state index contributed by atoms with van der Waals surface area (Å²) in [7, 11) is 1.79. The van der Waals surface area contributed by atoms with Gasteiger partial charge in [0.2, 0.25) is 5.91 Å². The van der Waals surface area contributed by atoms with E-state index in [0.29, 0.717) is 12.3 Å². The van der Waals surface area contributed by atoms with Crippen LogP contribution in [-0.2, 0) is 4.79 Å². The van der Waals surface area contributed by atoms with Gasteiger partial charge in [-0.15, -0.1) is 0 Å². The van der Waals surface area contributed by atoms with Crippen molar-refractivity contribution in [2.24, 2.45) is 16.6 Å². The van der Waals surface area contributed by atoms with Crippen molar-refractivity contribution in [3.8, 4) is 0 Å². The van der Waals surface area contributed by atoms with Crippen molar-refractivity contribution in [2.45, 2.75) is 19.3 Å². The Balaban J connectivity index is 1.47. The van der Waals surface area contributed by atoms with Gasteiger partial charge in [0, 0.05) is 45.0 Å². The number of nitrogens with two attached hydrogens (primary N) is 1. The van der Waals surface area contributed by atoms with Crippen molar-refractivity contribution in [2.75, 3.05) is 38.5 Å². The van der Waals surface area contributed by atoms with E-state index in [1.807, 2.05) is 24.3 Å². The number of anilines is 1. The van der Waals surface area contributed by atoms with Crippen molar-refractivity contribution < 1.29 is 4.79 Å². The van der Waals surface area contributed by atoms with Gasteiger partial charge < -0.3 is 21.3 Å². The van der Waals surface area contributed by atoms with E-state index in [-0.39, 0.29) is 5.91 Å². The van der Waals surface area contributed by atoms with Gasteiger partial charge in [-0.2, -0.15) is 0 Å². The Morgan fingerprint density at radius 3 is 2.96 bits per heavy atom. The van der Waals surface area contributed by atoms with Crippen LogP contribution in [0.2, 0.25) is 0 Å². The van der Waals surface area contributed by atoms with E-state index in [9.17, 15) is 4.79 Å². The van der Waals surface area contributed by atoms with Gasteiger partial charge in [0.1, 0.15) is 5.82 Å². The summed E-state index contributed by atoms with van der Waals surface area (Å²) >= 11 is 0. The predicted molar refractivity (Wildman–Crippen MR) is 110 cm³/mol. The van der Waals surface area contributed by atoms with Crippen LogP contribution in [-0.4, -0.2) is 55.0 Å². The van der Waals surface area contributed by atoms with Crippen molar-refractivity contribution >= 4 is 28.6 Å². The van der Waals surface area contributed by atoms with Gasteiger partial charge in [0.15, 0.2) is 5.96 Å². The minimum Gasteiger partial charge on any atom is -0.370 e. The quantitative estimate of drug-likeness (QED) is 0.411. The van der Waals surface area contributed by atoms with Gasteiger partial charge in [0.05, 0.1) is 5.52 Å². The molecule has 3 rings (SSSR count). The molecule has 1 unspecified atom stereocenters. The highest BCUT2D eigenvalue weighted by atomic mass is 16.1. The molecular formula is C20H28N6O. The topological polar surface area (TPSA) is 95.6 Å². The summed E-state index contributed by atoms with van der Waals surface area (Å²) in [6, 6.07) is 12.1. The highest BCUT2D eigenvalue weighted by molar-refractivity contribution is 5.81. The minimum atomic E-state index is -0.225. The lowest BCUT2D eigenvalue weighted by atomic mass is 9.95. The van der Waals surface area contributed by atoms with Gasteiger partial charge >= 0.3 is 0 Å². The van der Waals surface area contributed by atoms with E-state index >= 15 is 0 Å². The third-order valence-electron chi connectivity index (χ3n) is 4.83. The molecule has 0 saturated carbocycles. The number of benzene rings is 1. The van der Waals surface area contributed by atoms with Crippen molar-refractivity contribution in [3.63, 3.8) is 0 Å². The molecule has 1 aromatic carbocycles. The van der Waals surface area contributed by atoms with Crippen LogP contribution in [0.3, 0.4) is 0 Å². The number of primary amides is 1. The first kappa shape index (κ1) is 18.9. The number of fused-ring (bicyclic) bond motifs is 1. The molecule has 0 radical (unpaired) electrons. The minimum absolute atomic E-state index is 0.225. The second-order valence-electron chi connectivity index (χ2n) is 6.91. The molecule has 1 aliphatic heterocycles. The third-order valence-corrected chi connectivity index (χ3v) is 4.83. The number of rotatable bonds is 6. The summed E-state index contributed by atoms with van der Waals surface area (Å²) in [5.41, 5.74) is 6.33. The van der Waals surface area contributed by atoms with E-state index in [2.05, 4.69) is 37.6 Å². The fourth-order valence-electron chi connectivity index (χ4n) is 3.57. The average molecular weight is 368 g/mol. The molecule has 0 bridgehead atoms. The van der Waals surface area contributed by atoms with E-state index < -0.39 is 0 Å². The summed E-state index contributed by atoms with van der Waals surface area (Å²) < 4.78 is 0. The number of hydrogen-bond donors (Lipinski definition) is 3. The van der Waals surface area contributed by atoms with Crippen LogP contribution in [0.1, 0.15) is 19.3 Å². The summed E-state index contributed by atoms with van der Waals surface area (Å²) in [4.78, 5) is 22.4. The number of aliphatic imine (C=N–C) groups is 1. The molecule has 0 spiro atoms. The standard InChI is InChI=1S/C20H28N6O/c1-22-20(26-12-4-5-15(14-26)13-18(21)27)24-11-10-23-19-9-8-16-6-2-3-7-17(16)25-19/h2-3,6-9,15H,4-5,10-14H2,1H3,(H2,21,27)(H,22,24)(H,23,25). The van der Waals surface area contributed by atoms with E-state index in [1.165, 1.54) is 0 Å². The third kappa shape index (κ3) is 5.32. The van der Waals surface area contributed by atoms with Crippen LogP contribution < -0.4 is 16.4 Å². The second-order valence-corrected chi connectivity index (χ2v) is 6.91. The molecule has 1 fully saturated rings. The Kier molecular flexibility index (Phi) is 6.46. The largest absolute Gasteiger partial charge is 0.370 e. The number of nitrogens with zero attached hydrogens (tertiary/aromatic N) is 3. The van der Waals surface area contributed by atoms with Crippen molar-refractivity contribution in [1.82, 2.24) is 15.2 Å². The monoisotopic (exact) mass is 368 g/mol. The van der Waals surface area contributed by atoms with Crippen LogP contribution in [0.15, 0.2) is 41.4 Å². The SMILES string of the molecule is CN=C(NCCNc1ccc2ccccc2n1)N1CCCC(CC(N)=O)C1. The van der Waals surface area contributed by atoms with Gasteiger partial charge in [-0.05, 0) is 37.0 Å². The molecule has 144 valence electrons. The molecule has 4 N–H and O–H groups in total. The van der Waals surface area contributed by atoms with Crippen LogP contribution in [0.25, 0.3) is 10.9 Å². The van der Waals surface area contributed by atoms with Crippen LogP contribution >= 0.6 is 0 Å².